The van der Waals surface area contributed by atoms with Crippen molar-refractivity contribution in [1.29, 1.82) is 0 Å². The summed E-state index contributed by atoms with van der Waals surface area (Å²) in [6.45, 7) is 3.16. The summed E-state index contributed by atoms with van der Waals surface area (Å²) < 4.78 is 40.5. The zero-order valence-electron chi connectivity index (χ0n) is 21.2. The second-order valence-electron chi connectivity index (χ2n) is 9.66. The van der Waals surface area contributed by atoms with Crippen LogP contribution in [0.3, 0.4) is 0 Å². The zero-order valence-corrected chi connectivity index (χ0v) is 23.6. The maximum atomic E-state index is 13.8. The Labute approximate surface area is 233 Å². The standard InChI is InChI=1S/C28H31ClN2O5S2/c1-20-4-10-24(11-5-20)38(33,34)30(17-23-3-2-15-35-23)18-28(32)31-14-12-27-25(13-16-37-27)26(31)19-36-22-8-6-21(29)7-9-22/h4-11,13,16,23,26H,2-3,12,14-15,17-19H2,1H3/t23-,26+/m0/s1. The Morgan fingerprint density at radius 2 is 1.92 bits per heavy atom. The summed E-state index contributed by atoms with van der Waals surface area (Å²) >= 11 is 7.68. The maximum Gasteiger partial charge on any atom is 0.243 e. The van der Waals surface area contributed by atoms with E-state index in [9.17, 15) is 13.2 Å². The summed E-state index contributed by atoms with van der Waals surface area (Å²) in [5, 5.41) is 2.65. The molecule has 0 bridgehead atoms. The smallest absolute Gasteiger partial charge is 0.243 e. The minimum absolute atomic E-state index is 0.144. The van der Waals surface area contributed by atoms with Gasteiger partial charge in [0.15, 0.2) is 0 Å². The van der Waals surface area contributed by atoms with Crippen molar-refractivity contribution in [3.05, 3.63) is 81.0 Å². The molecular formula is C28H31ClN2O5S2. The number of ether oxygens (including phenoxy) is 2. The third-order valence-corrected chi connectivity index (χ3v) is 10.1. The Morgan fingerprint density at radius 3 is 2.63 bits per heavy atom. The second kappa shape index (κ2) is 11.8. The molecule has 0 aliphatic carbocycles. The molecular weight excluding hydrogens is 544 g/mol. The summed E-state index contributed by atoms with van der Waals surface area (Å²) in [6.07, 6.45) is 2.16. The molecule has 2 aliphatic heterocycles. The number of hydrogen-bond donors (Lipinski definition) is 0. The van der Waals surface area contributed by atoms with Crippen LogP contribution < -0.4 is 4.74 Å². The van der Waals surface area contributed by atoms with Gasteiger partial charge >= 0.3 is 0 Å². The van der Waals surface area contributed by atoms with Gasteiger partial charge in [-0.05, 0) is 79.6 Å². The topological polar surface area (TPSA) is 76.2 Å². The molecule has 38 heavy (non-hydrogen) atoms. The van der Waals surface area contributed by atoms with E-state index in [-0.39, 0.29) is 42.6 Å². The van der Waals surface area contributed by atoms with Crippen LogP contribution in [0.2, 0.25) is 5.02 Å². The highest BCUT2D eigenvalue weighted by Crippen LogP contribution is 2.34. The van der Waals surface area contributed by atoms with Gasteiger partial charge in [0.1, 0.15) is 12.4 Å². The molecule has 10 heteroatoms. The molecule has 2 atom stereocenters. The van der Waals surface area contributed by atoms with Crippen molar-refractivity contribution in [1.82, 2.24) is 9.21 Å². The van der Waals surface area contributed by atoms with Gasteiger partial charge in [-0.25, -0.2) is 8.42 Å². The Hall–Kier alpha value is -2.43. The average Bonchev–Trinajstić information content (AvgIpc) is 3.60. The summed E-state index contributed by atoms with van der Waals surface area (Å²) in [7, 11) is -3.90. The number of thiophene rings is 1. The van der Waals surface area contributed by atoms with Crippen molar-refractivity contribution in [2.75, 3.05) is 32.8 Å². The molecule has 0 N–H and O–H groups in total. The number of hydrogen-bond acceptors (Lipinski definition) is 6. The van der Waals surface area contributed by atoms with E-state index in [1.54, 1.807) is 64.8 Å². The van der Waals surface area contributed by atoms with Gasteiger partial charge in [0.25, 0.3) is 0 Å². The van der Waals surface area contributed by atoms with Crippen LogP contribution in [-0.2, 0) is 26.0 Å². The van der Waals surface area contributed by atoms with Crippen molar-refractivity contribution in [2.24, 2.45) is 0 Å². The fourth-order valence-electron chi connectivity index (χ4n) is 4.94. The van der Waals surface area contributed by atoms with Crippen LogP contribution in [0.15, 0.2) is 64.9 Å². The first-order valence-corrected chi connectivity index (χ1v) is 15.4. The number of nitrogens with zero attached hydrogens (tertiary/aromatic N) is 2. The number of aryl methyl sites for hydroxylation is 1. The van der Waals surface area contributed by atoms with Crippen molar-refractivity contribution in [3.63, 3.8) is 0 Å². The lowest BCUT2D eigenvalue weighted by Crippen LogP contribution is -2.49. The molecule has 202 valence electrons. The Morgan fingerprint density at radius 1 is 1.16 bits per heavy atom. The van der Waals surface area contributed by atoms with E-state index >= 15 is 0 Å². The molecule has 3 aromatic rings. The number of carbonyl (C=O) groups is 1. The van der Waals surface area contributed by atoms with Crippen LogP contribution in [0.5, 0.6) is 5.75 Å². The minimum Gasteiger partial charge on any atom is -0.491 e. The van der Waals surface area contributed by atoms with Gasteiger partial charge in [0.2, 0.25) is 15.9 Å². The van der Waals surface area contributed by atoms with Crippen LogP contribution in [-0.4, -0.2) is 62.5 Å². The first-order chi connectivity index (χ1) is 18.3. The molecule has 1 fully saturated rings. The van der Waals surface area contributed by atoms with Crippen LogP contribution in [0, 0.1) is 6.92 Å². The molecule has 5 rings (SSSR count). The van der Waals surface area contributed by atoms with Gasteiger partial charge < -0.3 is 14.4 Å². The average molecular weight is 575 g/mol. The first kappa shape index (κ1) is 27.1. The third-order valence-electron chi connectivity index (χ3n) is 7.04. The Bertz CT molecular complexity index is 1350. The number of carbonyl (C=O) groups excluding carboxylic acids is 1. The van der Waals surface area contributed by atoms with Gasteiger partial charge in [-0.15, -0.1) is 11.3 Å². The first-order valence-electron chi connectivity index (χ1n) is 12.7. The zero-order chi connectivity index (χ0) is 26.7. The molecule has 1 saturated heterocycles. The van der Waals surface area contributed by atoms with Crippen LogP contribution in [0.25, 0.3) is 0 Å². The summed E-state index contributed by atoms with van der Waals surface area (Å²) in [5.74, 6) is 0.409. The molecule has 1 aromatic heterocycles. The van der Waals surface area contributed by atoms with Gasteiger partial charge in [-0.1, -0.05) is 29.3 Å². The summed E-state index contributed by atoms with van der Waals surface area (Å²) in [6, 6.07) is 15.6. The highest BCUT2D eigenvalue weighted by Gasteiger charge is 2.36. The molecule has 0 radical (unpaired) electrons. The molecule has 7 nitrogen and oxygen atoms in total. The highest BCUT2D eigenvalue weighted by molar-refractivity contribution is 7.89. The van der Waals surface area contributed by atoms with Gasteiger partial charge in [-0.3, -0.25) is 4.79 Å². The molecule has 0 saturated carbocycles. The monoisotopic (exact) mass is 574 g/mol. The number of rotatable bonds is 9. The quantitative estimate of drug-likeness (QED) is 0.356. The van der Waals surface area contributed by atoms with E-state index in [1.807, 2.05) is 18.4 Å². The number of fused-ring (bicyclic) bond motifs is 1. The lowest BCUT2D eigenvalue weighted by Gasteiger charge is -2.37. The predicted molar refractivity (Wildman–Crippen MR) is 148 cm³/mol. The third kappa shape index (κ3) is 6.07. The number of halogens is 1. The summed E-state index contributed by atoms with van der Waals surface area (Å²) in [4.78, 5) is 17.0. The molecule has 0 spiro atoms. The van der Waals surface area contributed by atoms with Gasteiger partial charge in [0, 0.05) is 29.6 Å². The Kier molecular flexibility index (Phi) is 8.40. The maximum absolute atomic E-state index is 13.8. The highest BCUT2D eigenvalue weighted by atomic mass is 35.5. The van der Waals surface area contributed by atoms with E-state index in [4.69, 9.17) is 21.1 Å². The SMILES string of the molecule is Cc1ccc(S(=O)(=O)N(CC(=O)N2CCc3sccc3[C@H]2COc2ccc(Cl)cc2)C[C@@H]2CCCO2)cc1. The van der Waals surface area contributed by atoms with E-state index in [1.165, 1.54) is 9.18 Å². The van der Waals surface area contributed by atoms with Crippen molar-refractivity contribution >= 4 is 38.9 Å². The largest absolute Gasteiger partial charge is 0.491 e. The fourth-order valence-corrected chi connectivity index (χ4v) is 7.42. The Balaban J connectivity index is 1.38. The minimum atomic E-state index is -3.90. The second-order valence-corrected chi connectivity index (χ2v) is 13.0. The fraction of sp³-hybridized carbons (Fsp3) is 0.393. The molecule has 3 heterocycles. The molecule has 2 aromatic carbocycles. The van der Waals surface area contributed by atoms with Crippen molar-refractivity contribution in [3.8, 4) is 5.75 Å². The molecule has 0 unspecified atom stereocenters. The van der Waals surface area contributed by atoms with Gasteiger partial charge in [-0.2, -0.15) is 4.31 Å². The van der Waals surface area contributed by atoms with Crippen molar-refractivity contribution < 1.29 is 22.7 Å². The normalized spacial score (nSPS) is 19.5. The van der Waals surface area contributed by atoms with E-state index < -0.39 is 10.0 Å². The lowest BCUT2D eigenvalue weighted by molar-refractivity contribution is -0.135. The number of amides is 1. The van der Waals surface area contributed by atoms with E-state index in [2.05, 4.69) is 0 Å². The van der Waals surface area contributed by atoms with Crippen LogP contribution in [0.4, 0.5) is 0 Å². The predicted octanol–water partition coefficient (Wildman–Crippen LogP) is 5.08. The molecule has 1 amide bonds. The summed E-state index contributed by atoms with van der Waals surface area (Å²) in [5.41, 5.74) is 2.02. The van der Waals surface area contributed by atoms with Gasteiger partial charge in [0.05, 0.1) is 23.6 Å². The van der Waals surface area contributed by atoms with E-state index in [0.29, 0.717) is 23.9 Å². The van der Waals surface area contributed by atoms with E-state index in [0.717, 1.165) is 30.4 Å². The van der Waals surface area contributed by atoms with Crippen LogP contribution >= 0.6 is 22.9 Å². The molecule has 2 aliphatic rings. The van der Waals surface area contributed by atoms with Crippen molar-refractivity contribution in [2.45, 2.75) is 43.2 Å². The number of sulfonamides is 1. The lowest BCUT2D eigenvalue weighted by atomic mass is 10.0. The van der Waals surface area contributed by atoms with Crippen LogP contribution in [0.1, 0.15) is 34.9 Å². The number of benzene rings is 2.